The lowest BCUT2D eigenvalue weighted by molar-refractivity contribution is -0.136. The fraction of sp³-hybridized carbons (Fsp3) is 0.385. The van der Waals surface area contributed by atoms with E-state index in [4.69, 9.17) is 5.11 Å². The SMILES string of the molecule is CCCc1cccc2c1N(CC(=O)O)C(=O)C2. The van der Waals surface area contributed by atoms with Crippen molar-refractivity contribution >= 4 is 17.6 Å². The lowest BCUT2D eigenvalue weighted by Crippen LogP contribution is -2.32. The Morgan fingerprint density at radius 1 is 1.47 bits per heavy atom. The number of carbonyl (C=O) groups is 2. The summed E-state index contributed by atoms with van der Waals surface area (Å²) >= 11 is 0. The van der Waals surface area contributed by atoms with Crippen LogP contribution in [-0.2, 0) is 22.4 Å². The maximum atomic E-state index is 11.8. The number of anilines is 1. The predicted molar refractivity (Wildman–Crippen MR) is 64.1 cm³/mol. The summed E-state index contributed by atoms with van der Waals surface area (Å²) < 4.78 is 0. The third-order valence-corrected chi connectivity index (χ3v) is 2.93. The number of para-hydroxylation sites is 1. The minimum absolute atomic E-state index is 0.119. The minimum atomic E-state index is -0.975. The van der Waals surface area contributed by atoms with Gasteiger partial charge in [0.25, 0.3) is 0 Å². The number of hydrogen-bond acceptors (Lipinski definition) is 2. The summed E-state index contributed by atoms with van der Waals surface area (Å²) in [6.07, 6.45) is 2.16. The fourth-order valence-corrected chi connectivity index (χ4v) is 2.29. The van der Waals surface area contributed by atoms with E-state index < -0.39 is 5.97 Å². The van der Waals surface area contributed by atoms with E-state index in [2.05, 4.69) is 6.92 Å². The molecule has 1 heterocycles. The van der Waals surface area contributed by atoms with Crippen LogP contribution in [0.4, 0.5) is 5.69 Å². The van der Waals surface area contributed by atoms with Crippen molar-refractivity contribution in [1.29, 1.82) is 0 Å². The van der Waals surface area contributed by atoms with Crippen molar-refractivity contribution in [2.24, 2.45) is 0 Å². The van der Waals surface area contributed by atoms with Gasteiger partial charge >= 0.3 is 5.97 Å². The summed E-state index contributed by atoms with van der Waals surface area (Å²) in [4.78, 5) is 24.0. The number of carboxylic acid groups (broad SMARTS) is 1. The molecule has 1 N–H and O–H groups in total. The largest absolute Gasteiger partial charge is 0.480 e. The van der Waals surface area contributed by atoms with Gasteiger partial charge in [-0.2, -0.15) is 0 Å². The van der Waals surface area contributed by atoms with Crippen LogP contribution in [0.5, 0.6) is 0 Å². The van der Waals surface area contributed by atoms with Gasteiger partial charge in [0.2, 0.25) is 5.91 Å². The molecular formula is C13H15NO3. The molecular weight excluding hydrogens is 218 g/mol. The van der Waals surface area contributed by atoms with Crippen molar-refractivity contribution in [3.63, 3.8) is 0 Å². The van der Waals surface area contributed by atoms with Crippen LogP contribution in [0.1, 0.15) is 24.5 Å². The monoisotopic (exact) mass is 233 g/mol. The Morgan fingerprint density at radius 3 is 2.88 bits per heavy atom. The first-order valence-electron chi connectivity index (χ1n) is 5.76. The summed E-state index contributed by atoms with van der Waals surface area (Å²) in [5.41, 5.74) is 2.83. The number of amides is 1. The molecule has 0 aromatic heterocycles. The molecule has 0 bridgehead atoms. The number of carbonyl (C=O) groups excluding carboxylic acids is 1. The zero-order chi connectivity index (χ0) is 12.4. The number of fused-ring (bicyclic) bond motifs is 1. The second-order valence-corrected chi connectivity index (χ2v) is 4.23. The summed E-state index contributed by atoms with van der Waals surface area (Å²) in [5, 5.41) is 8.84. The van der Waals surface area contributed by atoms with Gasteiger partial charge in [-0.15, -0.1) is 0 Å². The molecule has 1 aromatic carbocycles. The normalized spacial score (nSPS) is 13.9. The second kappa shape index (κ2) is 4.57. The van der Waals surface area contributed by atoms with Crippen LogP contribution < -0.4 is 4.90 Å². The molecule has 1 amide bonds. The Bertz CT molecular complexity index is 468. The van der Waals surface area contributed by atoms with Gasteiger partial charge in [0, 0.05) is 0 Å². The first-order chi connectivity index (χ1) is 8.13. The van der Waals surface area contributed by atoms with Gasteiger partial charge in [-0.25, -0.2) is 0 Å². The number of hydrogen-bond donors (Lipinski definition) is 1. The number of aryl methyl sites for hydroxylation is 1. The van der Waals surface area contributed by atoms with E-state index in [0.717, 1.165) is 29.7 Å². The Labute approximate surface area is 99.9 Å². The molecule has 0 fully saturated rings. The first-order valence-corrected chi connectivity index (χ1v) is 5.76. The standard InChI is InChI=1S/C13H15NO3/c1-2-4-9-5-3-6-10-7-11(15)14(13(9)10)8-12(16)17/h3,5-6H,2,4,7-8H2,1H3,(H,16,17). The Kier molecular flexibility index (Phi) is 3.13. The van der Waals surface area contributed by atoms with E-state index in [-0.39, 0.29) is 12.5 Å². The van der Waals surface area contributed by atoms with Gasteiger partial charge in [-0.05, 0) is 17.5 Å². The number of nitrogens with zero attached hydrogens (tertiary/aromatic N) is 1. The lowest BCUT2D eigenvalue weighted by Gasteiger charge is -2.18. The smallest absolute Gasteiger partial charge is 0.323 e. The topological polar surface area (TPSA) is 57.6 Å². The third-order valence-electron chi connectivity index (χ3n) is 2.93. The van der Waals surface area contributed by atoms with Crippen molar-refractivity contribution in [1.82, 2.24) is 0 Å². The third kappa shape index (κ3) is 2.16. The molecule has 2 rings (SSSR count). The summed E-state index contributed by atoms with van der Waals surface area (Å²) in [6, 6.07) is 5.80. The Balaban J connectivity index is 2.41. The van der Waals surface area contributed by atoms with Crippen molar-refractivity contribution in [2.75, 3.05) is 11.4 Å². The van der Waals surface area contributed by atoms with Gasteiger partial charge in [0.1, 0.15) is 6.54 Å². The highest BCUT2D eigenvalue weighted by molar-refractivity contribution is 6.05. The molecule has 4 heteroatoms. The van der Waals surface area contributed by atoms with Crippen LogP contribution in [0.25, 0.3) is 0 Å². The van der Waals surface area contributed by atoms with Crippen LogP contribution >= 0.6 is 0 Å². The number of rotatable bonds is 4. The molecule has 1 aliphatic heterocycles. The molecule has 90 valence electrons. The quantitative estimate of drug-likeness (QED) is 0.859. The van der Waals surface area contributed by atoms with Crippen LogP contribution in [0.2, 0.25) is 0 Å². The Hall–Kier alpha value is -1.84. The molecule has 4 nitrogen and oxygen atoms in total. The van der Waals surface area contributed by atoms with E-state index >= 15 is 0 Å². The van der Waals surface area contributed by atoms with E-state index in [9.17, 15) is 9.59 Å². The van der Waals surface area contributed by atoms with E-state index in [1.807, 2.05) is 18.2 Å². The van der Waals surface area contributed by atoms with E-state index in [1.54, 1.807) is 0 Å². The average Bonchev–Trinajstić information content (AvgIpc) is 2.56. The van der Waals surface area contributed by atoms with Gasteiger partial charge in [-0.3, -0.25) is 9.59 Å². The molecule has 0 atom stereocenters. The minimum Gasteiger partial charge on any atom is -0.480 e. The van der Waals surface area contributed by atoms with Gasteiger partial charge in [0.05, 0.1) is 12.1 Å². The van der Waals surface area contributed by atoms with E-state index in [0.29, 0.717) is 6.42 Å². The second-order valence-electron chi connectivity index (χ2n) is 4.23. The summed E-state index contributed by atoms with van der Waals surface area (Å²) in [7, 11) is 0. The highest BCUT2D eigenvalue weighted by Gasteiger charge is 2.30. The number of benzene rings is 1. The highest BCUT2D eigenvalue weighted by atomic mass is 16.4. The van der Waals surface area contributed by atoms with Crippen LogP contribution in [0, 0.1) is 0 Å². The van der Waals surface area contributed by atoms with Crippen molar-refractivity contribution in [2.45, 2.75) is 26.2 Å². The highest BCUT2D eigenvalue weighted by Crippen LogP contribution is 2.33. The Morgan fingerprint density at radius 2 is 2.24 bits per heavy atom. The van der Waals surface area contributed by atoms with Crippen LogP contribution in [-0.4, -0.2) is 23.5 Å². The number of carboxylic acids is 1. The maximum Gasteiger partial charge on any atom is 0.323 e. The zero-order valence-corrected chi connectivity index (χ0v) is 9.77. The lowest BCUT2D eigenvalue weighted by atomic mass is 10.0. The summed E-state index contributed by atoms with van der Waals surface area (Å²) in [6.45, 7) is 1.82. The van der Waals surface area contributed by atoms with Gasteiger partial charge < -0.3 is 10.0 Å². The molecule has 1 aromatic rings. The van der Waals surface area contributed by atoms with Crippen LogP contribution in [0.3, 0.4) is 0 Å². The molecule has 0 aliphatic carbocycles. The number of aliphatic carboxylic acids is 1. The molecule has 0 spiro atoms. The molecule has 17 heavy (non-hydrogen) atoms. The van der Waals surface area contributed by atoms with Crippen molar-refractivity contribution < 1.29 is 14.7 Å². The first kappa shape index (κ1) is 11.6. The summed E-state index contributed by atoms with van der Waals surface area (Å²) in [5.74, 6) is -1.09. The van der Waals surface area contributed by atoms with Gasteiger partial charge in [-0.1, -0.05) is 31.5 Å². The maximum absolute atomic E-state index is 11.8. The van der Waals surface area contributed by atoms with Crippen LogP contribution in [0.15, 0.2) is 18.2 Å². The van der Waals surface area contributed by atoms with Gasteiger partial charge in [0.15, 0.2) is 0 Å². The zero-order valence-electron chi connectivity index (χ0n) is 9.77. The molecule has 1 aliphatic rings. The fourth-order valence-electron chi connectivity index (χ4n) is 2.29. The average molecular weight is 233 g/mol. The van der Waals surface area contributed by atoms with Crippen molar-refractivity contribution in [3.05, 3.63) is 29.3 Å². The predicted octanol–water partition coefficient (Wildman–Crippen LogP) is 1.61. The molecule has 0 saturated heterocycles. The molecule has 0 radical (unpaired) electrons. The molecule has 0 saturated carbocycles. The van der Waals surface area contributed by atoms with Crippen molar-refractivity contribution in [3.8, 4) is 0 Å². The van der Waals surface area contributed by atoms with E-state index in [1.165, 1.54) is 4.90 Å². The molecule has 0 unspecified atom stereocenters.